The van der Waals surface area contributed by atoms with E-state index in [0.717, 1.165) is 56.8 Å². The molecule has 190 valence electrons. The Kier molecular flexibility index (Phi) is 10.2. The fourth-order valence-electron chi connectivity index (χ4n) is 4.79. The molecule has 4 nitrogen and oxygen atoms in total. The number of halogens is 1. The number of amides is 1. The summed E-state index contributed by atoms with van der Waals surface area (Å²) in [5.41, 5.74) is 11.4. The maximum Gasteiger partial charge on any atom is 0.239 e. The molecule has 1 fully saturated rings. The summed E-state index contributed by atoms with van der Waals surface area (Å²) in [7, 11) is 0. The van der Waals surface area contributed by atoms with Crippen molar-refractivity contribution in [3.05, 3.63) is 76.3 Å². The number of anilines is 1. The standard InChI is InChI=1S/C30H42ClN3O/c1-22(2)17-19-34(28-6-5-18-33(21-28)30(35)29(32)20-23(3)4)27-15-11-25(12-16-27)8-7-24-9-13-26(31)14-10-24/h9-17,23,28-29H,5-8,18-21,32H2,1-4H3. The third-order valence-corrected chi connectivity index (χ3v) is 7.02. The number of hydrogen-bond donors (Lipinski definition) is 1. The van der Waals surface area contributed by atoms with Crippen molar-refractivity contribution in [1.82, 2.24) is 4.90 Å². The highest BCUT2D eigenvalue weighted by Crippen LogP contribution is 2.25. The topological polar surface area (TPSA) is 49.6 Å². The summed E-state index contributed by atoms with van der Waals surface area (Å²) in [6.45, 7) is 10.9. The summed E-state index contributed by atoms with van der Waals surface area (Å²) in [5, 5.41) is 0.777. The molecule has 2 N–H and O–H groups in total. The summed E-state index contributed by atoms with van der Waals surface area (Å²) in [6, 6.07) is 16.9. The number of piperidine rings is 1. The molecule has 2 aromatic rings. The van der Waals surface area contributed by atoms with Crippen LogP contribution in [0.25, 0.3) is 0 Å². The van der Waals surface area contributed by atoms with E-state index >= 15 is 0 Å². The maximum atomic E-state index is 13.0. The lowest BCUT2D eigenvalue weighted by atomic mass is 9.99. The van der Waals surface area contributed by atoms with E-state index in [1.807, 2.05) is 17.0 Å². The van der Waals surface area contributed by atoms with Crippen LogP contribution in [-0.2, 0) is 17.6 Å². The fourth-order valence-corrected chi connectivity index (χ4v) is 4.92. The van der Waals surface area contributed by atoms with E-state index in [4.69, 9.17) is 17.3 Å². The van der Waals surface area contributed by atoms with Crippen LogP contribution in [0.5, 0.6) is 0 Å². The molecule has 0 aromatic heterocycles. The first kappa shape index (κ1) is 27.3. The summed E-state index contributed by atoms with van der Waals surface area (Å²) < 4.78 is 0. The number of carbonyl (C=O) groups excluding carboxylic acids is 1. The second kappa shape index (κ2) is 13.1. The molecule has 0 bridgehead atoms. The van der Waals surface area contributed by atoms with Crippen molar-refractivity contribution < 1.29 is 4.79 Å². The van der Waals surface area contributed by atoms with E-state index in [-0.39, 0.29) is 11.9 Å². The van der Waals surface area contributed by atoms with Gasteiger partial charge in [0.05, 0.1) is 6.04 Å². The molecule has 0 spiro atoms. The van der Waals surface area contributed by atoms with Crippen molar-refractivity contribution in [1.29, 1.82) is 0 Å². The van der Waals surface area contributed by atoms with Gasteiger partial charge in [0, 0.05) is 36.4 Å². The summed E-state index contributed by atoms with van der Waals surface area (Å²) in [6.07, 6.45) is 7.09. The number of nitrogens with zero attached hydrogens (tertiary/aromatic N) is 2. The van der Waals surface area contributed by atoms with E-state index in [1.54, 1.807) is 0 Å². The first-order chi connectivity index (χ1) is 16.7. The number of carbonyl (C=O) groups is 1. The molecule has 2 aromatic carbocycles. The van der Waals surface area contributed by atoms with Gasteiger partial charge in [-0.1, -0.05) is 61.4 Å². The molecule has 1 saturated heterocycles. The second-order valence-corrected chi connectivity index (χ2v) is 11.0. The molecule has 2 unspecified atom stereocenters. The third kappa shape index (κ3) is 8.40. The number of rotatable bonds is 10. The Bertz CT molecular complexity index is 964. The summed E-state index contributed by atoms with van der Waals surface area (Å²) >= 11 is 6.01. The zero-order valence-electron chi connectivity index (χ0n) is 21.8. The van der Waals surface area contributed by atoms with Crippen molar-refractivity contribution in [2.45, 2.75) is 71.9 Å². The highest BCUT2D eigenvalue weighted by molar-refractivity contribution is 6.30. The zero-order valence-corrected chi connectivity index (χ0v) is 22.6. The number of nitrogens with two attached hydrogens (primary N) is 1. The summed E-state index contributed by atoms with van der Waals surface area (Å²) in [4.78, 5) is 17.5. The van der Waals surface area contributed by atoms with Crippen LogP contribution in [0.3, 0.4) is 0 Å². The molecule has 0 aliphatic carbocycles. The maximum absolute atomic E-state index is 13.0. The number of allylic oxidation sites excluding steroid dienone is 1. The van der Waals surface area contributed by atoms with Crippen molar-refractivity contribution >= 4 is 23.2 Å². The minimum absolute atomic E-state index is 0.100. The monoisotopic (exact) mass is 495 g/mol. The molecule has 1 aliphatic heterocycles. The average Bonchev–Trinajstić information content (AvgIpc) is 2.83. The van der Waals surface area contributed by atoms with Crippen LogP contribution < -0.4 is 10.6 Å². The molecule has 1 heterocycles. The van der Waals surface area contributed by atoms with Crippen LogP contribution in [0, 0.1) is 5.92 Å². The molecule has 35 heavy (non-hydrogen) atoms. The van der Waals surface area contributed by atoms with Gasteiger partial charge in [0.25, 0.3) is 0 Å². The van der Waals surface area contributed by atoms with Crippen LogP contribution in [-0.4, -0.2) is 42.5 Å². The zero-order chi connectivity index (χ0) is 25.4. The number of hydrogen-bond acceptors (Lipinski definition) is 3. The Morgan fingerprint density at radius 1 is 1.09 bits per heavy atom. The first-order valence-electron chi connectivity index (χ1n) is 13.0. The summed E-state index contributed by atoms with van der Waals surface area (Å²) in [5.74, 6) is 0.519. The Morgan fingerprint density at radius 3 is 2.26 bits per heavy atom. The van der Waals surface area contributed by atoms with Crippen LogP contribution in [0.4, 0.5) is 5.69 Å². The molecule has 3 rings (SSSR count). The van der Waals surface area contributed by atoms with Gasteiger partial charge >= 0.3 is 0 Å². The van der Waals surface area contributed by atoms with Gasteiger partial charge in [-0.2, -0.15) is 0 Å². The molecular weight excluding hydrogens is 454 g/mol. The lowest BCUT2D eigenvalue weighted by Gasteiger charge is -2.41. The van der Waals surface area contributed by atoms with E-state index < -0.39 is 6.04 Å². The fraction of sp³-hybridized carbons (Fsp3) is 0.500. The number of likely N-dealkylation sites (tertiary alicyclic amines) is 1. The van der Waals surface area contributed by atoms with E-state index in [9.17, 15) is 4.79 Å². The minimum Gasteiger partial charge on any atom is -0.363 e. The van der Waals surface area contributed by atoms with Gasteiger partial charge in [0.15, 0.2) is 0 Å². The third-order valence-electron chi connectivity index (χ3n) is 6.77. The SMILES string of the molecule is CC(C)=CCN(c1ccc(CCc2ccc(Cl)cc2)cc1)C1CCCN(C(=O)C(N)CC(C)C)C1. The lowest BCUT2D eigenvalue weighted by Crippen LogP contribution is -2.54. The van der Waals surface area contributed by atoms with E-state index in [2.05, 4.69) is 75.1 Å². The quantitative estimate of drug-likeness (QED) is 0.395. The largest absolute Gasteiger partial charge is 0.363 e. The average molecular weight is 496 g/mol. The van der Waals surface area contributed by atoms with E-state index in [1.165, 1.54) is 22.4 Å². The predicted molar refractivity (Wildman–Crippen MR) is 149 cm³/mol. The molecule has 5 heteroatoms. The normalized spacial score (nSPS) is 16.8. The number of aryl methyl sites for hydroxylation is 2. The molecule has 1 amide bonds. The van der Waals surface area contributed by atoms with Gasteiger partial charge in [-0.25, -0.2) is 0 Å². The van der Waals surface area contributed by atoms with Gasteiger partial charge in [0.1, 0.15) is 0 Å². The minimum atomic E-state index is -0.403. The molecule has 0 saturated carbocycles. The Labute approximate surface area is 217 Å². The second-order valence-electron chi connectivity index (χ2n) is 10.5. The van der Waals surface area contributed by atoms with Gasteiger partial charge < -0.3 is 15.5 Å². The van der Waals surface area contributed by atoms with Gasteiger partial charge in [-0.3, -0.25) is 4.79 Å². The van der Waals surface area contributed by atoms with Crippen LogP contribution in [0.15, 0.2) is 60.2 Å². The predicted octanol–water partition coefficient (Wildman–Crippen LogP) is 6.26. The van der Waals surface area contributed by atoms with Crippen molar-refractivity contribution in [3.8, 4) is 0 Å². The first-order valence-corrected chi connectivity index (χ1v) is 13.4. The van der Waals surface area contributed by atoms with Gasteiger partial charge in [0.2, 0.25) is 5.91 Å². The lowest BCUT2D eigenvalue weighted by molar-refractivity contribution is -0.134. The van der Waals surface area contributed by atoms with Crippen molar-refractivity contribution in [2.24, 2.45) is 11.7 Å². The molecule has 0 radical (unpaired) electrons. The van der Waals surface area contributed by atoms with Crippen molar-refractivity contribution in [2.75, 3.05) is 24.5 Å². The molecular formula is C30H42ClN3O. The highest BCUT2D eigenvalue weighted by Gasteiger charge is 2.30. The van der Waals surface area contributed by atoms with E-state index in [0.29, 0.717) is 5.92 Å². The highest BCUT2D eigenvalue weighted by atomic mass is 35.5. The Hall–Kier alpha value is -2.30. The van der Waals surface area contributed by atoms with Crippen LogP contribution in [0.1, 0.15) is 58.1 Å². The van der Waals surface area contributed by atoms with Gasteiger partial charge in [-0.15, -0.1) is 0 Å². The Morgan fingerprint density at radius 2 is 1.69 bits per heavy atom. The van der Waals surface area contributed by atoms with Crippen molar-refractivity contribution in [3.63, 3.8) is 0 Å². The molecule has 1 aliphatic rings. The molecule has 2 atom stereocenters. The van der Waals surface area contributed by atoms with Crippen LogP contribution in [0.2, 0.25) is 5.02 Å². The van der Waals surface area contributed by atoms with Crippen LogP contribution >= 0.6 is 11.6 Å². The Balaban J connectivity index is 1.70. The number of benzene rings is 2. The van der Waals surface area contributed by atoms with Gasteiger partial charge in [-0.05, 0) is 87.3 Å². The smallest absolute Gasteiger partial charge is 0.239 e.